The molecule has 0 amide bonds. The Morgan fingerprint density at radius 1 is 1.33 bits per heavy atom. The summed E-state index contributed by atoms with van der Waals surface area (Å²) in [4.78, 5) is 5.67. The summed E-state index contributed by atoms with van der Waals surface area (Å²) in [6.45, 7) is 4.14. The van der Waals surface area contributed by atoms with Crippen molar-refractivity contribution in [3.8, 4) is 5.69 Å². The van der Waals surface area contributed by atoms with E-state index in [0.29, 0.717) is 12.1 Å². The molecule has 2 unspecified atom stereocenters. The van der Waals surface area contributed by atoms with Crippen LogP contribution < -0.4 is 0 Å². The molecule has 24 heavy (non-hydrogen) atoms. The fourth-order valence-corrected chi connectivity index (χ4v) is 3.51. The predicted octanol–water partition coefficient (Wildman–Crippen LogP) is 2.75. The average molecular weight is 325 g/mol. The Labute approximate surface area is 141 Å². The van der Waals surface area contributed by atoms with Gasteiger partial charge in [-0.25, -0.2) is 4.68 Å². The van der Waals surface area contributed by atoms with Crippen molar-refractivity contribution in [2.24, 2.45) is 0 Å². The van der Waals surface area contributed by atoms with Gasteiger partial charge in [-0.3, -0.25) is 4.90 Å². The molecule has 1 saturated heterocycles. The van der Waals surface area contributed by atoms with E-state index in [1.807, 2.05) is 17.1 Å². The molecule has 6 heteroatoms. The van der Waals surface area contributed by atoms with Gasteiger partial charge < -0.3 is 9.72 Å². The number of nitrogens with zero attached hydrogens (tertiary/aromatic N) is 4. The summed E-state index contributed by atoms with van der Waals surface area (Å²) in [7, 11) is 1.81. The lowest BCUT2D eigenvalue weighted by Gasteiger charge is -2.36. The number of H-pyrrole nitrogens is 1. The van der Waals surface area contributed by atoms with Crippen molar-refractivity contribution < 1.29 is 4.74 Å². The monoisotopic (exact) mass is 325 g/mol. The van der Waals surface area contributed by atoms with E-state index in [1.165, 1.54) is 5.39 Å². The third kappa shape index (κ3) is 2.95. The van der Waals surface area contributed by atoms with Crippen LogP contribution in [0.1, 0.15) is 25.5 Å². The van der Waals surface area contributed by atoms with Gasteiger partial charge >= 0.3 is 0 Å². The molecule has 2 aromatic heterocycles. The van der Waals surface area contributed by atoms with Crippen molar-refractivity contribution in [1.82, 2.24) is 24.9 Å². The maximum Gasteiger partial charge on any atom is 0.0971 e. The second-order valence-electron chi connectivity index (χ2n) is 6.61. The molecule has 1 fully saturated rings. The van der Waals surface area contributed by atoms with Gasteiger partial charge in [0.15, 0.2) is 0 Å². The van der Waals surface area contributed by atoms with Crippen molar-refractivity contribution >= 4 is 10.9 Å². The molecule has 0 aliphatic carbocycles. The van der Waals surface area contributed by atoms with Crippen molar-refractivity contribution in [3.63, 3.8) is 0 Å². The molecule has 1 aliphatic rings. The van der Waals surface area contributed by atoms with Crippen LogP contribution in [0.3, 0.4) is 0 Å². The Hall–Kier alpha value is -2.18. The van der Waals surface area contributed by atoms with E-state index in [-0.39, 0.29) is 0 Å². The van der Waals surface area contributed by atoms with E-state index in [4.69, 9.17) is 4.74 Å². The average Bonchev–Trinajstić information content (AvgIpc) is 3.25. The minimum Gasteiger partial charge on any atom is -0.381 e. The molecule has 1 aliphatic heterocycles. The van der Waals surface area contributed by atoms with Crippen LogP contribution in [-0.4, -0.2) is 50.7 Å². The van der Waals surface area contributed by atoms with E-state index in [2.05, 4.69) is 51.4 Å². The highest BCUT2D eigenvalue weighted by Gasteiger charge is 2.25. The normalized spacial score (nSPS) is 22.2. The summed E-state index contributed by atoms with van der Waals surface area (Å²) in [6, 6.07) is 8.83. The van der Waals surface area contributed by atoms with Crippen molar-refractivity contribution in [1.29, 1.82) is 0 Å². The number of methoxy groups -OCH3 is 1. The molecule has 2 atom stereocenters. The first kappa shape index (κ1) is 15.4. The second-order valence-corrected chi connectivity index (χ2v) is 6.61. The summed E-state index contributed by atoms with van der Waals surface area (Å²) < 4.78 is 7.34. The lowest BCUT2D eigenvalue weighted by Crippen LogP contribution is -2.42. The lowest BCUT2D eigenvalue weighted by molar-refractivity contribution is 0.0125. The largest absolute Gasteiger partial charge is 0.381 e. The molecule has 0 saturated carbocycles. The maximum atomic E-state index is 5.49. The number of aromatic amines is 1. The zero-order chi connectivity index (χ0) is 16.5. The standard InChI is InChI=1S/C18H23N5O/c1-13-9-17(24-2)6-8-22(13)11-15-12-23(21-20-15)16-3-4-18-14(10-16)5-7-19-18/h3-5,7,10,12-13,17,19H,6,8-9,11H2,1-2H3. The van der Waals surface area contributed by atoms with Gasteiger partial charge in [0, 0.05) is 43.3 Å². The lowest BCUT2D eigenvalue weighted by atomic mass is 10.0. The first-order chi connectivity index (χ1) is 11.7. The number of benzene rings is 1. The van der Waals surface area contributed by atoms with Gasteiger partial charge in [-0.2, -0.15) is 0 Å². The van der Waals surface area contributed by atoms with Crippen molar-refractivity contribution in [3.05, 3.63) is 42.4 Å². The van der Waals surface area contributed by atoms with E-state index in [1.54, 1.807) is 7.11 Å². The first-order valence-corrected chi connectivity index (χ1v) is 8.48. The zero-order valence-corrected chi connectivity index (χ0v) is 14.1. The van der Waals surface area contributed by atoms with Gasteiger partial charge in [-0.05, 0) is 44.0 Å². The molecule has 1 N–H and O–H groups in total. The second kappa shape index (κ2) is 6.37. The molecule has 0 spiro atoms. The molecule has 0 bridgehead atoms. The fraction of sp³-hybridized carbons (Fsp3) is 0.444. The van der Waals surface area contributed by atoms with Gasteiger partial charge in [0.05, 0.1) is 23.7 Å². The fourth-order valence-electron chi connectivity index (χ4n) is 3.51. The molecule has 126 valence electrons. The number of likely N-dealkylation sites (tertiary alicyclic amines) is 1. The highest BCUT2D eigenvalue weighted by Crippen LogP contribution is 2.21. The molecule has 3 heterocycles. The van der Waals surface area contributed by atoms with E-state index >= 15 is 0 Å². The minimum absolute atomic E-state index is 0.389. The quantitative estimate of drug-likeness (QED) is 0.801. The number of hydrogen-bond donors (Lipinski definition) is 1. The molecule has 3 aromatic rings. The summed E-state index contributed by atoms with van der Waals surface area (Å²) in [6.07, 6.45) is 6.53. The number of piperidine rings is 1. The van der Waals surface area contributed by atoms with E-state index < -0.39 is 0 Å². The summed E-state index contributed by atoms with van der Waals surface area (Å²) in [5.74, 6) is 0. The smallest absolute Gasteiger partial charge is 0.0971 e. The molecular formula is C18H23N5O. The van der Waals surface area contributed by atoms with Gasteiger partial charge in [0.2, 0.25) is 0 Å². The molecular weight excluding hydrogens is 302 g/mol. The van der Waals surface area contributed by atoms with Crippen LogP contribution >= 0.6 is 0 Å². The Kier molecular flexibility index (Phi) is 4.08. The number of nitrogens with one attached hydrogen (secondary N) is 1. The SMILES string of the molecule is COC1CCN(Cc2cn(-c3ccc4[nH]ccc4c3)nn2)C(C)C1. The Morgan fingerprint density at radius 2 is 2.25 bits per heavy atom. The number of rotatable bonds is 4. The third-order valence-electron chi connectivity index (χ3n) is 5.01. The summed E-state index contributed by atoms with van der Waals surface area (Å²) >= 11 is 0. The highest BCUT2D eigenvalue weighted by molar-refractivity contribution is 5.81. The topological polar surface area (TPSA) is 59.0 Å². The number of ether oxygens (including phenoxy) is 1. The van der Waals surface area contributed by atoms with Crippen LogP contribution in [0, 0.1) is 0 Å². The van der Waals surface area contributed by atoms with E-state index in [9.17, 15) is 0 Å². The van der Waals surface area contributed by atoms with Gasteiger partial charge in [-0.15, -0.1) is 5.10 Å². The molecule has 6 nitrogen and oxygen atoms in total. The number of hydrogen-bond acceptors (Lipinski definition) is 4. The summed E-state index contributed by atoms with van der Waals surface area (Å²) in [5.41, 5.74) is 3.17. The Bertz CT molecular complexity index is 824. The summed E-state index contributed by atoms with van der Waals surface area (Å²) in [5, 5.41) is 9.85. The van der Waals surface area contributed by atoms with E-state index in [0.717, 1.165) is 42.8 Å². The van der Waals surface area contributed by atoms with Crippen molar-refractivity contribution in [2.75, 3.05) is 13.7 Å². The minimum atomic E-state index is 0.389. The van der Waals surface area contributed by atoms with Crippen LogP contribution in [-0.2, 0) is 11.3 Å². The van der Waals surface area contributed by atoms with Crippen LogP contribution in [0.15, 0.2) is 36.7 Å². The maximum absolute atomic E-state index is 5.49. The van der Waals surface area contributed by atoms with Crippen LogP contribution in [0.25, 0.3) is 16.6 Å². The Balaban J connectivity index is 1.48. The van der Waals surface area contributed by atoms with Gasteiger partial charge in [0.25, 0.3) is 0 Å². The third-order valence-corrected chi connectivity index (χ3v) is 5.01. The molecule has 1 aromatic carbocycles. The first-order valence-electron chi connectivity index (χ1n) is 8.48. The molecule has 0 radical (unpaired) electrons. The van der Waals surface area contributed by atoms with Crippen LogP contribution in [0.2, 0.25) is 0 Å². The molecule has 4 rings (SSSR count). The van der Waals surface area contributed by atoms with Gasteiger partial charge in [-0.1, -0.05) is 5.21 Å². The highest BCUT2D eigenvalue weighted by atomic mass is 16.5. The zero-order valence-electron chi connectivity index (χ0n) is 14.1. The van der Waals surface area contributed by atoms with Crippen molar-refractivity contribution in [2.45, 2.75) is 38.5 Å². The van der Waals surface area contributed by atoms with Gasteiger partial charge in [0.1, 0.15) is 0 Å². The predicted molar refractivity (Wildman–Crippen MR) is 93.1 cm³/mol. The number of fused-ring (bicyclic) bond motifs is 1. The Morgan fingerprint density at radius 3 is 3.08 bits per heavy atom. The van der Waals surface area contributed by atoms with Crippen LogP contribution in [0.4, 0.5) is 0 Å². The van der Waals surface area contributed by atoms with Crippen LogP contribution in [0.5, 0.6) is 0 Å². The number of aromatic nitrogens is 4.